The van der Waals surface area contributed by atoms with E-state index in [0.29, 0.717) is 0 Å². The van der Waals surface area contributed by atoms with Crippen LogP contribution in [0.1, 0.15) is 25.5 Å². The van der Waals surface area contributed by atoms with E-state index in [0.717, 1.165) is 38.4 Å². The third kappa shape index (κ3) is 5.27. The van der Waals surface area contributed by atoms with Gasteiger partial charge in [-0.2, -0.15) is 0 Å². The molecule has 0 spiro atoms. The first-order valence-electron chi connectivity index (χ1n) is 6.94. The van der Waals surface area contributed by atoms with Crippen molar-refractivity contribution in [3.05, 3.63) is 35.6 Å². The van der Waals surface area contributed by atoms with Crippen LogP contribution in [0.4, 0.5) is 4.39 Å². The van der Waals surface area contributed by atoms with Crippen LogP contribution in [-0.4, -0.2) is 44.8 Å². The highest BCUT2D eigenvalue weighted by atomic mass is 19.1. The van der Waals surface area contributed by atoms with Crippen LogP contribution in [0.5, 0.6) is 0 Å². The fraction of sp³-hybridized carbons (Fsp3) is 0.600. The third-order valence-electron chi connectivity index (χ3n) is 3.27. The van der Waals surface area contributed by atoms with Crippen molar-refractivity contribution >= 4 is 0 Å². The second kappa shape index (κ2) is 9.02. The van der Waals surface area contributed by atoms with Gasteiger partial charge in [0.2, 0.25) is 0 Å². The molecule has 108 valence electrons. The van der Waals surface area contributed by atoms with Crippen LogP contribution < -0.4 is 5.32 Å². The molecule has 0 fully saturated rings. The number of likely N-dealkylation sites (N-methyl/N-ethyl adjacent to an activating group) is 2. The van der Waals surface area contributed by atoms with E-state index < -0.39 is 0 Å². The molecule has 1 aromatic carbocycles. The molecule has 4 heteroatoms. The Morgan fingerprint density at radius 2 is 2.05 bits per heavy atom. The Kier molecular flexibility index (Phi) is 7.63. The maximum Gasteiger partial charge on any atom is 0.128 e. The molecule has 0 aliphatic carbocycles. The zero-order valence-corrected chi connectivity index (χ0v) is 12.2. The van der Waals surface area contributed by atoms with Crippen LogP contribution in [-0.2, 0) is 4.74 Å². The molecule has 1 aromatic rings. The van der Waals surface area contributed by atoms with Crippen molar-refractivity contribution in [2.45, 2.75) is 19.9 Å². The van der Waals surface area contributed by atoms with E-state index in [-0.39, 0.29) is 11.9 Å². The summed E-state index contributed by atoms with van der Waals surface area (Å²) in [6.45, 7) is 8.14. The number of nitrogens with zero attached hydrogens (tertiary/aromatic N) is 1. The predicted molar refractivity (Wildman–Crippen MR) is 76.8 cm³/mol. The molecule has 0 saturated heterocycles. The highest BCUT2D eigenvalue weighted by molar-refractivity contribution is 5.21. The van der Waals surface area contributed by atoms with E-state index in [1.54, 1.807) is 6.07 Å². The monoisotopic (exact) mass is 268 g/mol. The number of hydrogen-bond acceptors (Lipinski definition) is 3. The summed E-state index contributed by atoms with van der Waals surface area (Å²) in [6, 6.07) is 6.95. The summed E-state index contributed by atoms with van der Waals surface area (Å²) in [5.41, 5.74) is 0.722. The van der Waals surface area contributed by atoms with Gasteiger partial charge in [-0.1, -0.05) is 25.1 Å². The minimum Gasteiger partial charge on any atom is -0.380 e. The first kappa shape index (κ1) is 16.1. The fourth-order valence-electron chi connectivity index (χ4n) is 2.08. The molecule has 3 nitrogen and oxygen atoms in total. The van der Waals surface area contributed by atoms with Crippen LogP contribution in [0.15, 0.2) is 24.3 Å². The number of rotatable bonds is 9. The van der Waals surface area contributed by atoms with E-state index >= 15 is 0 Å². The average molecular weight is 268 g/mol. The minimum absolute atomic E-state index is 0.00257. The van der Waals surface area contributed by atoms with Crippen molar-refractivity contribution in [3.63, 3.8) is 0 Å². The Labute approximate surface area is 115 Å². The van der Waals surface area contributed by atoms with Gasteiger partial charge in [0, 0.05) is 31.3 Å². The molecule has 0 heterocycles. The number of hydrogen-bond donors (Lipinski definition) is 1. The summed E-state index contributed by atoms with van der Waals surface area (Å²) in [4.78, 5) is 2.27. The smallest absolute Gasteiger partial charge is 0.128 e. The van der Waals surface area contributed by atoms with Gasteiger partial charge < -0.3 is 10.1 Å². The molecule has 0 aromatic heterocycles. The zero-order valence-electron chi connectivity index (χ0n) is 12.2. The molecule has 1 atom stereocenters. The second-order valence-electron chi connectivity index (χ2n) is 4.45. The number of halogens is 1. The predicted octanol–water partition coefficient (Wildman–Crippen LogP) is 2.44. The van der Waals surface area contributed by atoms with Crippen molar-refractivity contribution in [2.75, 3.05) is 39.9 Å². The van der Waals surface area contributed by atoms with E-state index in [4.69, 9.17) is 4.74 Å². The van der Waals surface area contributed by atoms with E-state index in [9.17, 15) is 4.39 Å². The number of benzene rings is 1. The van der Waals surface area contributed by atoms with E-state index in [1.807, 2.05) is 26.1 Å². The van der Waals surface area contributed by atoms with Crippen LogP contribution in [0.2, 0.25) is 0 Å². The first-order valence-corrected chi connectivity index (χ1v) is 6.94. The van der Waals surface area contributed by atoms with Crippen LogP contribution in [0.3, 0.4) is 0 Å². The standard InChI is InChI=1S/C15H25FN2O/c1-4-18(10-11-19-5-2)12-15(17-3)13-8-6-7-9-14(13)16/h6-9,15,17H,4-5,10-12H2,1-3H3. The molecule has 0 bridgehead atoms. The Morgan fingerprint density at radius 3 is 2.63 bits per heavy atom. The second-order valence-corrected chi connectivity index (χ2v) is 4.45. The largest absolute Gasteiger partial charge is 0.380 e. The molecule has 0 aliphatic rings. The lowest BCUT2D eigenvalue weighted by molar-refractivity contribution is 0.111. The van der Waals surface area contributed by atoms with Gasteiger partial charge in [0.15, 0.2) is 0 Å². The van der Waals surface area contributed by atoms with E-state index in [1.165, 1.54) is 6.07 Å². The summed E-state index contributed by atoms with van der Waals surface area (Å²) in [5.74, 6) is -0.150. The van der Waals surface area contributed by atoms with Gasteiger partial charge in [0.25, 0.3) is 0 Å². The van der Waals surface area contributed by atoms with Gasteiger partial charge in [0.05, 0.1) is 6.61 Å². The summed E-state index contributed by atoms with van der Waals surface area (Å²) >= 11 is 0. The van der Waals surface area contributed by atoms with Crippen molar-refractivity contribution in [2.24, 2.45) is 0 Å². The van der Waals surface area contributed by atoms with Gasteiger partial charge in [0.1, 0.15) is 5.82 Å². The van der Waals surface area contributed by atoms with Crippen molar-refractivity contribution < 1.29 is 9.13 Å². The van der Waals surface area contributed by atoms with Crippen molar-refractivity contribution in [1.29, 1.82) is 0 Å². The van der Waals surface area contributed by atoms with Crippen LogP contribution in [0, 0.1) is 5.82 Å². The third-order valence-corrected chi connectivity index (χ3v) is 3.27. The Hall–Kier alpha value is -0.970. The van der Waals surface area contributed by atoms with Gasteiger partial charge in [-0.15, -0.1) is 0 Å². The fourth-order valence-corrected chi connectivity index (χ4v) is 2.08. The van der Waals surface area contributed by atoms with Gasteiger partial charge in [-0.3, -0.25) is 4.90 Å². The number of ether oxygens (including phenoxy) is 1. The van der Waals surface area contributed by atoms with Gasteiger partial charge in [-0.25, -0.2) is 4.39 Å². The normalized spacial score (nSPS) is 12.9. The molecule has 0 aliphatic heterocycles. The highest BCUT2D eigenvalue weighted by Gasteiger charge is 2.16. The minimum atomic E-state index is -0.150. The lowest BCUT2D eigenvalue weighted by atomic mass is 10.1. The molecule has 1 rings (SSSR count). The lowest BCUT2D eigenvalue weighted by Crippen LogP contribution is -2.36. The molecular weight excluding hydrogens is 243 g/mol. The molecular formula is C15H25FN2O. The zero-order chi connectivity index (χ0) is 14.1. The maximum atomic E-state index is 13.8. The van der Waals surface area contributed by atoms with Gasteiger partial charge >= 0.3 is 0 Å². The Morgan fingerprint density at radius 1 is 1.32 bits per heavy atom. The Balaban J connectivity index is 2.62. The topological polar surface area (TPSA) is 24.5 Å². The van der Waals surface area contributed by atoms with Gasteiger partial charge in [-0.05, 0) is 26.6 Å². The average Bonchev–Trinajstić information content (AvgIpc) is 2.44. The van der Waals surface area contributed by atoms with Crippen molar-refractivity contribution in [1.82, 2.24) is 10.2 Å². The number of nitrogens with one attached hydrogen (secondary N) is 1. The SMILES string of the molecule is CCOCCN(CC)CC(NC)c1ccccc1F. The molecule has 0 saturated carbocycles. The Bertz CT molecular complexity index is 360. The highest BCUT2D eigenvalue weighted by Crippen LogP contribution is 2.17. The molecule has 0 radical (unpaired) electrons. The lowest BCUT2D eigenvalue weighted by Gasteiger charge is -2.26. The van der Waals surface area contributed by atoms with E-state index in [2.05, 4.69) is 17.1 Å². The van der Waals surface area contributed by atoms with Crippen LogP contribution in [0.25, 0.3) is 0 Å². The van der Waals surface area contributed by atoms with Crippen LogP contribution >= 0.6 is 0 Å². The molecule has 0 amide bonds. The summed E-state index contributed by atoms with van der Waals surface area (Å²) in [7, 11) is 1.87. The summed E-state index contributed by atoms with van der Waals surface area (Å²) in [6.07, 6.45) is 0. The van der Waals surface area contributed by atoms with Crippen molar-refractivity contribution in [3.8, 4) is 0 Å². The quantitative estimate of drug-likeness (QED) is 0.696. The first-order chi connectivity index (χ1) is 9.22. The molecule has 1 N–H and O–H groups in total. The molecule has 1 unspecified atom stereocenters. The summed E-state index contributed by atoms with van der Waals surface area (Å²) < 4.78 is 19.2. The summed E-state index contributed by atoms with van der Waals surface area (Å²) in [5, 5.41) is 3.19. The maximum absolute atomic E-state index is 13.8. The molecule has 19 heavy (non-hydrogen) atoms.